The molecular formula is C23H24N6O2S2. The molecule has 0 spiro atoms. The molecular weight excluding hydrogens is 456 g/mol. The summed E-state index contributed by atoms with van der Waals surface area (Å²) in [5, 5.41) is 13.3. The number of thioether (sulfide) groups is 1. The van der Waals surface area contributed by atoms with Gasteiger partial charge >= 0.3 is 0 Å². The normalized spacial score (nSPS) is 16.2. The Morgan fingerprint density at radius 2 is 1.85 bits per heavy atom. The average molecular weight is 481 g/mol. The molecule has 1 aliphatic heterocycles. The van der Waals surface area contributed by atoms with Crippen LogP contribution < -0.4 is 0 Å². The van der Waals surface area contributed by atoms with Crippen LogP contribution in [0.2, 0.25) is 0 Å². The van der Waals surface area contributed by atoms with Gasteiger partial charge in [-0.25, -0.2) is 13.1 Å². The van der Waals surface area contributed by atoms with E-state index < -0.39 is 9.84 Å². The lowest BCUT2D eigenvalue weighted by molar-refractivity contribution is 0.236. The summed E-state index contributed by atoms with van der Waals surface area (Å²) in [6, 6.07) is 16.7. The lowest BCUT2D eigenvalue weighted by Crippen LogP contribution is -2.38. The van der Waals surface area contributed by atoms with Gasteiger partial charge < -0.3 is 0 Å². The molecule has 0 radical (unpaired) electrons. The second-order valence-electron chi connectivity index (χ2n) is 8.10. The minimum Gasteiger partial charge on any atom is -0.288 e. The molecule has 0 aliphatic carbocycles. The van der Waals surface area contributed by atoms with Gasteiger partial charge in [-0.3, -0.25) is 9.88 Å². The van der Waals surface area contributed by atoms with Gasteiger partial charge in [-0.05, 0) is 53.2 Å². The summed E-state index contributed by atoms with van der Waals surface area (Å²) >= 11 is 1.92. The van der Waals surface area contributed by atoms with Gasteiger partial charge in [-0.1, -0.05) is 29.8 Å². The molecule has 1 saturated heterocycles. The smallest absolute Gasteiger partial charge is 0.198 e. The number of tetrazole rings is 1. The Bertz CT molecular complexity index is 1370. The van der Waals surface area contributed by atoms with Crippen LogP contribution in [0.5, 0.6) is 0 Å². The first-order valence-electron chi connectivity index (χ1n) is 10.7. The molecule has 4 aromatic rings. The molecule has 0 N–H and O–H groups in total. The van der Waals surface area contributed by atoms with E-state index in [0.29, 0.717) is 5.82 Å². The molecule has 0 saturated carbocycles. The predicted octanol–water partition coefficient (Wildman–Crippen LogP) is 3.10. The van der Waals surface area contributed by atoms with E-state index in [0.717, 1.165) is 46.6 Å². The van der Waals surface area contributed by atoms with Gasteiger partial charge in [0.2, 0.25) is 0 Å². The van der Waals surface area contributed by atoms with Crippen LogP contribution in [0.1, 0.15) is 23.0 Å². The highest BCUT2D eigenvalue weighted by atomic mass is 32.2. The number of hydrogen-bond acceptors (Lipinski definition) is 8. The van der Waals surface area contributed by atoms with E-state index in [-0.39, 0.29) is 16.8 Å². The summed E-state index contributed by atoms with van der Waals surface area (Å²) in [6.45, 7) is 3.67. The van der Waals surface area contributed by atoms with E-state index >= 15 is 0 Å². The zero-order chi connectivity index (χ0) is 22.8. The minimum atomic E-state index is -3.62. The molecule has 10 heteroatoms. The first kappa shape index (κ1) is 22.0. The number of hydrogen-bond donors (Lipinski definition) is 0. The maximum Gasteiger partial charge on any atom is 0.198 e. The third kappa shape index (κ3) is 4.64. The van der Waals surface area contributed by atoms with E-state index in [1.807, 2.05) is 43.0 Å². The lowest BCUT2D eigenvalue weighted by Gasteiger charge is -2.33. The van der Waals surface area contributed by atoms with Gasteiger partial charge in [0.15, 0.2) is 21.5 Å². The van der Waals surface area contributed by atoms with Crippen molar-refractivity contribution in [2.75, 3.05) is 24.6 Å². The van der Waals surface area contributed by atoms with Crippen LogP contribution in [0, 0.1) is 6.92 Å². The van der Waals surface area contributed by atoms with Gasteiger partial charge in [0, 0.05) is 36.2 Å². The molecule has 3 heterocycles. The van der Waals surface area contributed by atoms with E-state index in [9.17, 15) is 8.42 Å². The van der Waals surface area contributed by atoms with Crippen molar-refractivity contribution in [3.63, 3.8) is 0 Å². The Kier molecular flexibility index (Phi) is 6.13. The monoisotopic (exact) mass is 480 g/mol. The molecule has 0 amide bonds. The quantitative estimate of drug-likeness (QED) is 0.416. The van der Waals surface area contributed by atoms with Crippen LogP contribution >= 0.6 is 11.8 Å². The predicted molar refractivity (Wildman–Crippen MR) is 129 cm³/mol. The molecule has 1 atom stereocenters. The maximum atomic E-state index is 13.1. The summed E-state index contributed by atoms with van der Waals surface area (Å²) in [5.74, 6) is 2.23. The van der Waals surface area contributed by atoms with Gasteiger partial charge in [0.05, 0.1) is 16.5 Å². The van der Waals surface area contributed by atoms with E-state index in [4.69, 9.17) is 0 Å². The van der Waals surface area contributed by atoms with Crippen molar-refractivity contribution in [1.82, 2.24) is 30.1 Å². The third-order valence-corrected chi connectivity index (χ3v) is 8.35. The summed E-state index contributed by atoms with van der Waals surface area (Å²) in [5.41, 5.74) is 2.94. The summed E-state index contributed by atoms with van der Waals surface area (Å²) in [4.78, 5) is 7.01. The number of fused-ring (bicyclic) bond motifs is 1. The van der Waals surface area contributed by atoms with Gasteiger partial charge in [-0.2, -0.15) is 11.8 Å². The number of pyridine rings is 1. The second-order valence-corrected chi connectivity index (χ2v) is 11.3. The first-order valence-corrected chi connectivity index (χ1v) is 13.5. The van der Waals surface area contributed by atoms with Gasteiger partial charge in [0.1, 0.15) is 0 Å². The highest BCUT2D eigenvalue weighted by Crippen LogP contribution is 2.31. The number of aryl methyl sites for hydroxylation is 1. The molecule has 2 aromatic carbocycles. The van der Waals surface area contributed by atoms with Crippen LogP contribution in [0.25, 0.3) is 10.9 Å². The number of sulfone groups is 1. The lowest BCUT2D eigenvalue weighted by atomic mass is 10.0. The highest BCUT2D eigenvalue weighted by molar-refractivity contribution is 7.99. The van der Waals surface area contributed by atoms with Crippen molar-refractivity contribution < 1.29 is 8.42 Å². The van der Waals surface area contributed by atoms with E-state index in [1.54, 1.807) is 30.5 Å². The Morgan fingerprint density at radius 3 is 2.64 bits per heavy atom. The fraction of sp³-hybridized carbons (Fsp3) is 0.304. The molecule has 170 valence electrons. The number of aromatic nitrogens is 5. The molecule has 0 bridgehead atoms. The average Bonchev–Trinajstić information content (AvgIpc) is 3.27. The van der Waals surface area contributed by atoms with Crippen LogP contribution in [0.15, 0.2) is 65.7 Å². The Hall–Kier alpha value is -2.82. The Balaban J connectivity index is 1.55. The first-order chi connectivity index (χ1) is 16.0. The van der Waals surface area contributed by atoms with Crippen molar-refractivity contribution in [3.05, 3.63) is 77.7 Å². The zero-order valence-corrected chi connectivity index (χ0v) is 19.8. The SMILES string of the molecule is Cc1ccc(S(=O)(=O)Cn2nnnc2[C@H](c2ccc3ncccc3c2)N2CCSCC2)cc1. The molecule has 2 aromatic heterocycles. The van der Waals surface area contributed by atoms with Crippen molar-refractivity contribution >= 4 is 32.5 Å². The minimum absolute atomic E-state index is 0.251. The van der Waals surface area contributed by atoms with Crippen LogP contribution in [-0.4, -0.2) is 63.1 Å². The van der Waals surface area contributed by atoms with Gasteiger partial charge in [-0.15, -0.1) is 5.10 Å². The standard InChI is InChI=1S/C23H24N6O2S2/c1-17-4-7-20(8-5-17)33(30,31)16-29-23(25-26-27-29)22(28-11-13-32-14-12-28)19-6-9-21-18(15-19)3-2-10-24-21/h2-10,15,22H,11-14,16H2,1H3/t22-/m0/s1. The molecule has 33 heavy (non-hydrogen) atoms. The number of benzene rings is 2. The molecule has 1 fully saturated rings. The topological polar surface area (TPSA) is 93.9 Å². The van der Waals surface area contributed by atoms with Crippen molar-refractivity contribution in [3.8, 4) is 0 Å². The fourth-order valence-electron chi connectivity index (χ4n) is 4.10. The van der Waals surface area contributed by atoms with Crippen molar-refractivity contribution in [1.29, 1.82) is 0 Å². The van der Waals surface area contributed by atoms with E-state index in [1.165, 1.54) is 4.68 Å². The molecule has 5 rings (SSSR count). The van der Waals surface area contributed by atoms with Crippen molar-refractivity contribution in [2.24, 2.45) is 0 Å². The fourth-order valence-corrected chi connectivity index (χ4v) is 6.24. The largest absolute Gasteiger partial charge is 0.288 e. The number of rotatable bonds is 6. The molecule has 8 nitrogen and oxygen atoms in total. The van der Waals surface area contributed by atoms with E-state index in [2.05, 4.69) is 31.5 Å². The second kappa shape index (κ2) is 9.20. The maximum absolute atomic E-state index is 13.1. The third-order valence-electron chi connectivity index (χ3n) is 5.83. The number of nitrogens with zero attached hydrogens (tertiary/aromatic N) is 6. The van der Waals surface area contributed by atoms with Crippen LogP contribution in [0.3, 0.4) is 0 Å². The zero-order valence-electron chi connectivity index (χ0n) is 18.2. The summed E-state index contributed by atoms with van der Waals surface area (Å²) in [6.07, 6.45) is 1.78. The van der Waals surface area contributed by atoms with Crippen LogP contribution in [-0.2, 0) is 15.7 Å². The van der Waals surface area contributed by atoms with Gasteiger partial charge in [0.25, 0.3) is 0 Å². The van der Waals surface area contributed by atoms with Crippen molar-refractivity contribution in [2.45, 2.75) is 23.7 Å². The Morgan fingerprint density at radius 1 is 1.06 bits per heavy atom. The van der Waals surface area contributed by atoms with Crippen LogP contribution in [0.4, 0.5) is 0 Å². The summed E-state index contributed by atoms with van der Waals surface area (Å²) in [7, 11) is -3.62. The Labute approximate surface area is 196 Å². The molecule has 0 unspecified atom stereocenters. The summed E-state index contributed by atoms with van der Waals surface area (Å²) < 4.78 is 27.7. The molecule has 1 aliphatic rings. The highest BCUT2D eigenvalue weighted by Gasteiger charge is 2.31.